The zero-order valence-electron chi connectivity index (χ0n) is 10.4. The molecule has 0 atom stereocenters. The van der Waals surface area contributed by atoms with Crippen LogP contribution in [0.3, 0.4) is 0 Å². The molecule has 0 aliphatic carbocycles. The number of nitrogens with one attached hydrogen (secondary N) is 1. The summed E-state index contributed by atoms with van der Waals surface area (Å²) >= 11 is 0. The van der Waals surface area contributed by atoms with Crippen molar-refractivity contribution < 1.29 is 5.11 Å². The quantitative estimate of drug-likeness (QED) is 0.790. The molecule has 0 radical (unpaired) electrons. The molecule has 1 rings (SSSR count). The Labute approximate surface area is 92.1 Å². The second-order valence-corrected chi connectivity index (χ2v) is 4.85. The standard InChI is InChI=1S/C12H22N2O/c1-9-6-11(10(2)14(9)5)7-13-12(3,4)8-15/h6,13,15H,7-8H2,1-5H3. The Hall–Kier alpha value is -0.800. The fourth-order valence-electron chi connectivity index (χ4n) is 1.50. The van der Waals surface area contributed by atoms with Crippen LogP contribution in [-0.2, 0) is 13.6 Å². The fourth-order valence-corrected chi connectivity index (χ4v) is 1.50. The molecule has 0 fully saturated rings. The van der Waals surface area contributed by atoms with Gasteiger partial charge in [0.1, 0.15) is 0 Å². The van der Waals surface area contributed by atoms with Crippen molar-refractivity contribution in [2.24, 2.45) is 7.05 Å². The summed E-state index contributed by atoms with van der Waals surface area (Å²) in [7, 11) is 2.07. The molecule has 0 bridgehead atoms. The minimum Gasteiger partial charge on any atom is -0.394 e. The van der Waals surface area contributed by atoms with Crippen molar-refractivity contribution in [3.63, 3.8) is 0 Å². The lowest BCUT2D eigenvalue weighted by molar-refractivity contribution is 0.187. The molecule has 2 N–H and O–H groups in total. The summed E-state index contributed by atoms with van der Waals surface area (Å²) in [5.41, 5.74) is 3.65. The van der Waals surface area contributed by atoms with Crippen molar-refractivity contribution in [1.29, 1.82) is 0 Å². The monoisotopic (exact) mass is 210 g/mol. The van der Waals surface area contributed by atoms with E-state index in [1.54, 1.807) is 0 Å². The highest BCUT2D eigenvalue weighted by Crippen LogP contribution is 2.14. The van der Waals surface area contributed by atoms with Crippen molar-refractivity contribution in [2.75, 3.05) is 6.61 Å². The topological polar surface area (TPSA) is 37.2 Å². The molecule has 86 valence electrons. The van der Waals surface area contributed by atoms with Crippen molar-refractivity contribution in [1.82, 2.24) is 9.88 Å². The molecule has 0 aliphatic rings. The molecule has 15 heavy (non-hydrogen) atoms. The molecule has 0 aliphatic heterocycles. The Morgan fingerprint density at radius 2 is 2.00 bits per heavy atom. The van der Waals surface area contributed by atoms with Gasteiger partial charge in [0.2, 0.25) is 0 Å². The fraction of sp³-hybridized carbons (Fsp3) is 0.667. The van der Waals surface area contributed by atoms with E-state index in [-0.39, 0.29) is 12.1 Å². The van der Waals surface area contributed by atoms with E-state index in [2.05, 4.69) is 36.8 Å². The molecule has 0 saturated carbocycles. The molecule has 0 aromatic carbocycles. The van der Waals surface area contributed by atoms with Gasteiger partial charge in [0.25, 0.3) is 0 Å². The number of aliphatic hydroxyl groups is 1. The van der Waals surface area contributed by atoms with Gasteiger partial charge in [-0.05, 0) is 39.3 Å². The third kappa shape index (κ3) is 2.83. The SMILES string of the molecule is Cc1cc(CNC(C)(C)CO)c(C)n1C. The lowest BCUT2D eigenvalue weighted by atomic mass is 10.1. The van der Waals surface area contributed by atoms with Crippen LogP contribution in [0.5, 0.6) is 0 Å². The van der Waals surface area contributed by atoms with E-state index in [0.29, 0.717) is 0 Å². The maximum atomic E-state index is 9.13. The van der Waals surface area contributed by atoms with Gasteiger partial charge in [-0.25, -0.2) is 0 Å². The van der Waals surface area contributed by atoms with Crippen molar-refractivity contribution in [2.45, 2.75) is 39.8 Å². The highest BCUT2D eigenvalue weighted by molar-refractivity contribution is 5.26. The van der Waals surface area contributed by atoms with E-state index in [1.807, 2.05) is 13.8 Å². The molecule has 3 heteroatoms. The Morgan fingerprint density at radius 3 is 2.40 bits per heavy atom. The van der Waals surface area contributed by atoms with Gasteiger partial charge < -0.3 is 15.0 Å². The normalized spacial score (nSPS) is 12.1. The summed E-state index contributed by atoms with van der Waals surface area (Å²) in [6, 6.07) is 2.19. The smallest absolute Gasteiger partial charge is 0.0607 e. The second kappa shape index (κ2) is 4.37. The lowest BCUT2D eigenvalue weighted by Crippen LogP contribution is -2.42. The molecular formula is C12H22N2O. The minimum atomic E-state index is -0.212. The zero-order chi connectivity index (χ0) is 11.6. The summed E-state index contributed by atoms with van der Waals surface area (Å²) in [5, 5.41) is 12.5. The number of nitrogens with zero attached hydrogens (tertiary/aromatic N) is 1. The molecule has 1 heterocycles. The van der Waals surface area contributed by atoms with E-state index in [0.717, 1.165) is 6.54 Å². The van der Waals surface area contributed by atoms with Crippen LogP contribution in [0.15, 0.2) is 6.07 Å². The van der Waals surface area contributed by atoms with Crippen LogP contribution in [0.2, 0.25) is 0 Å². The third-order valence-corrected chi connectivity index (χ3v) is 3.03. The van der Waals surface area contributed by atoms with Gasteiger partial charge in [-0.1, -0.05) is 0 Å². The highest BCUT2D eigenvalue weighted by Gasteiger charge is 2.16. The summed E-state index contributed by atoms with van der Waals surface area (Å²) in [6.07, 6.45) is 0. The highest BCUT2D eigenvalue weighted by atomic mass is 16.3. The van der Waals surface area contributed by atoms with Crippen LogP contribution in [0.25, 0.3) is 0 Å². The van der Waals surface area contributed by atoms with Crippen molar-refractivity contribution >= 4 is 0 Å². The number of rotatable bonds is 4. The first kappa shape index (κ1) is 12.3. The Bertz CT molecular complexity index is 340. The average molecular weight is 210 g/mol. The molecule has 0 amide bonds. The van der Waals surface area contributed by atoms with E-state index in [9.17, 15) is 0 Å². The average Bonchev–Trinajstić information content (AvgIpc) is 2.43. The molecule has 0 spiro atoms. The number of hydrogen-bond acceptors (Lipinski definition) is 2. The van der Waals surface area contributed by atoms with Crippen LogP contribution in [-0.4, -0.2) is 21.8 Å². The van der Waals surface area contributed by atoms with Gasteiger partial charge >= 0.3 is 0 Å². The molecule has 1 aromatic rings. The second-order valence-electron chi connectivity index (χ2n) is 4.85. The summed E-state index contributed by atoms with van der Waals surface area (Å²) in [5.74, 6) is 0. The summed E-state index contributed by atoms with van der Waals surface area (Å²) in [4.78, 5) is 0. The zero-order valence-corrected chi connectivity index (χ0v) is 10.4. The van der Waals surface area contributed by atoms with Crippen molar-refractivity contribution in [3.8, 4) is 0 Å². The first-order chi connectivity index (χ1) is 6.87. The maximum absolute atomic E-state index is 9.13. The van der Waals surface area contributed by atoms with Crippen LogP contribution in [0.1, 0.15) is 30.8 Å². The number of hydrogen-bond donors (Lipinski definition) is 2. The first-order valence-corrected chi connectivity index (χ1v) is 5.35. The van der Waals surface area contributed by atoms with Gasteiger partial charge in [0.15, 0.2) is 0 Å². The minimum absolute atomic E-state index is 0.151. The largest absolute Gasteiger partial charge is 0.394 e. The van der Waals surface area contributed by atoms with Gasteiger partial charge in [-0.15, -0.1) is 0 Å². The predicted molar refractivity (Wildman–Crippen MR) is 62.9 cm³/mol. The number of aliphatic hydroxyl groups excluding tert-OH is 1. The Balaban J connectivity index is 2.70. The van der Waals surface area contributed by atoms with Gasteiger partial charge in [-0.3, -0.25) is 0 Å². The number of aryl methyl sites for hydroxylation is 1. The summed E-state index contributed by atoms with van der Waals surface area (Å²) in [6.45, 7) is 9.18. The van der Waals surface area contributed by atoms with Crippen molar-refractivity contribution in [3.05, 3.63) is 23.0 Å². The van der Waals surface area contributed by atoms with Crippen LogP contribution in [0, 0.1) is 13.8 Å². The van der Waals surface area contributed by atoms with Crippen LogP contribution < -0.4 is 5.32 Å². The van der Waals surface area contributed by atoms with E-state index < -0.39 is 0 Å². The van der Waals surface area contributed by atoms with Crippen LogP contribution >= 0.6 is 0 Å². The maximum Gasteiger partial charge on any atom is 0.0607 e. The predicted octanol–water partition coefficient (Wildman–Crippen LogP) is 1.50. The first-order valence-electron chi connectivity index (χ1n) is 5.35. The summed E-state index contributed by atoms with van der Waals surface area (Å²) < 4.78 is 2.18. The van der Waals surface area contributed by atoms with E-state index in [1.165, 1.54) is 17.0 Å². The third-order valence-electron chi connectivity index (χ3n) is 3.03. The van der Waals surface area contributed by atoms with Crippen LogP contribution in [0.4, 0.5) is 0 Å². The molecule has 1 aromatic heterocycles. The molecule has 0 unspecified atom stereocenters. The van der Waals surface area contributed by atoms with Gasteiger partial charge in [-0.2, -0.15) is 0 Å². The molecule has 3 nitrogen and oxygen atoms in total. The molecule has 0 saturated heterocycles. The lowest BCUT2D eigenvalue weighted by Gasteiger charge is -2.23. The van der Waals surface area contributed by atoms with Gasteiger partial charge in [0.05, 0.1) is 6.61 Å². The molecular weight excluding hydrogens is 188 g/mol. The number of aromatic nitrogens is 1. The van der Waals surface area contributed by atoms with E-state index in [4.69, 9.17) is 5.11 Å². The Morgan fingerprint density at radius 1 is 1.40 bits per heavy atom. The van der Waals surface area contributed by atoms with Gasteiger partial charge in [0, 0.05) is 30.5 Å². The van der Waals surface area contributed by atoms with E-state index >= 15 is 0 Å². The Kier molecular flexibility index (Phi) is 3.58.